The number of nitrogens with zero attached hydrogens (tertiary/aromatic N) is 3. The molecule has 1 aliphatic heterocycles. The van der Waals surface area contributed by atoms with E-state index in [2.05, 4.69) is 11.1 Å². The first kappa shape index (κ1) is 13.8. The Balaban J connectivity index is 1.93. The molecule has 1 aliphatic rings. The van der Waals surface area contributed by atoms with Gasteiger partial charge in [-0.05, 0) is 18.2 Å². The van der Waals surface area contributed by atoms with Crippen LogP contribution in [0.5, 0.6) is 0 Å². The molecule has 1 saturated heterocycles. The summed E-state index contributed by atoms with van der Waals surface area (Å²) >= 11 is 6.09. The van der Waals surface area contributed by atoms with Crippen LogP contribution < -0.4 is 0 Å². The fourth-order valence-electron chi connectivity index (χ4n) is 2.71. The van der Waals surface area contributed by atoms with Gasteiger partial charge in [0.15, 0.2) is 0 Å². The van der Waals surface area contributed by atoms with Gasteiger partial charge in [-0.3, -0.25) is 4.79 Å². The molecule has 0 aliphatic carbocycles. The first-order valence-corrected chi connectivity index (χ1v) is 7.30. The van der Waals surface area contributed by atoms with Gasteiger partial charge in [0.05, 0.1) is 11.6 Å². The number of hydrogen-bond acceptors (Lipinski definition) is 3. The number of benzene rings is 1. The van der Waals surface area contributed by atoms with E-state index in [0.29, 0.717) is 23.8 Å². The number of nitriles is 1. The Bertz CT molecular complexity index is 730. The monoisotopic (exact) mass is 299 g/mol. The van der Waals surface area contributed by atoms with Gasteiger partial charge in [0.25, 0.3) is 5.91 Å². The predicted octanol–water partition coefficient (Wildman–Crippen LogP) is 3.26. The topological polar surface area (TPSA) is 57.0 Å². The van der Waals surface area contributed by atoms with E-state index in [1.165, 1.54) is 0 Å². The molecule has 21 heavy (non-hydrogen) atoms. The van der Waals surface area contributed by atoms with Crippen LogP contribution in [0.25, 0.3) is 10.8 Å². The van der Waals surface area contributed by atoms with Gasteiger partial charge in [-0.15, -0.1) is 0 Å². The summed E-state index contributed by atoms with van der Waals surface area (Å²) in [4.78, 5) is 18.6. The lowest BCUT2D eigenvalue weighted by atomic mass is 9.97. The van der Waals surface area contributed by atoms with Gasteiger partial charge in [0, 0.05) is 30.6 Å². The van der Waals surface area contributed by atoms with Crippen LogP contribution in [0.2, 0.25) is 5.15 Å². The van der Waals surface area contributed by atoms with Crippen LogP contribution in [0.4, 0.5) is 0 Å². The van der Waals surface area contributed by atoms with Crippen LogP contribution in [-0.2, 0) is 0 Å². The second kappa shape index (κ2) is 5.71. The molecule has 106 valence electrons. The molecule has 0 spiro atoms. The van der Waals surface area contributed by atoms with E-state index in [4.69, 9.17) is 16.9 Å². The molecule has 1 aromatic heterocycles. The van der Waals surface area contributed by atoms with Crippen molar-refractivity contribution in [3.8, 4) is 6.07 Å². The maximum absolute atomic E-state index is 12.7. The van der Waals surface area contributed by atoms with Crippen LogP contribution in [-0.4, -0.2) is 28.9 Å². The Morgan fingerprint density at radius 2 is 1.95 bits per heavy atom. The van der Waals surface area contributed by atoms with Crippen molar-refractivity contribution in [2.75, 3.05) is 13.1 Å². The number of pyridine rings is 1. The zero-order chi connectivity index (χ0) is 14.8. The summed E-state index contributed by atoms with van der Waals surface area (Å²) in [7, 11) is 0. The number of fused-ring (bicyclic) bond motifs is 1. The van der Waals surface area contributed by atoms with Crippen LogP contribution in [0.3, 0.4) is 0 Å². The number of aromatic nitrogens is 1. The van der Waals surface area contributed by atoms with Crippen molar-refractivity contribution in [2.24, 2.45) is 5.92 Å². The summed E-state index contributed by atoms with van der Waals surface area (Å²) in [5.41, 5.74) is 0.574. The average Bonchev–Trinajstić information content (AvgIpc) is 2.55. The number of piperidine rings is 1. The smallest absolute Gasteiger partial charge is 0.256 e. The molecule has 0 atom stereocenters. The SMILES string of the molecule is N#CC1CCN(C(=O)c2cnc(Cl)c3ccccc23)CC1. The quantitative estimate of drug-likeness (QED) is 0.759. The molecular weight excluding hydrogens is 286 g/mol. The minimum Gasteiger partial charge on any atom is -0.338 e. The number of carbonyl (C=O) groups excluding carboxylic acids is 1. The lowest BCUT2D eigenvalue weighted by Crippen LogP contribution is -2.38. The molecule has 0 unspecified atom stereocenters. The standard InChI is InChI=1S/C16H14ClN3O/c17-15-13-4-2-1-3-12(13)14(10-19-15)16(21)20-7-5-11(9-18)6-8-20/h1-4,10-11H,5-8H2. The van der Waals surface area contributed by atoms with Gasteiger partial charge in [-0.25, -0.2) is 4.98 Å². The van der Waals surface area contributed by atoms with E-state index in [9.17, 15) is 4.79 Å². The lowest BCUT2D eigenvalue weighted by molar-refractivity contribution is 0.0709. The van der Waals surface area contributed by atoms with Gasteiger partial charge in [0.1, 0.15) is 5.15 Å². The van der Waals surface area contributed by atoms with Gasteiger partial charge in [-0.2, -0.15) is 5.26 Å². The minimum absolute atomic E-state index is 0.0354. The van der Waals surface area contributed by atoms with Crippen molar-refractivity contribution in [2.45, 2.75) is 12.8 Å². The maximum atomic E-state index is 12.7. The van der Waals surface area contributed by atoms with E-state index in [1.54, 1.807) is 11.1 Å². The summed E-state index contributed by atoms with van der Waals surface area (Å²) in [5, 5.41) is 10.9. The predicted molar refractivity (Wildman–Crippen MR) is 81.0 cm³/mol. The molecule has 0 N–H and O–H groups in total. The Morgan fingerprint density at radius 1 is 1.29 bits per heavy atom. The highest BCUT2D eigenvalue weighted by Crippen LogP contribution is 2.26. The Hall–Kier alpha value is -2.12. The van der Waals surface area contributed by atoms with Crippen molar-refractivity contribution < 1.29 is 4.79 Å². The number of halogens is 1. The molecule has 1 fully saturated rings. The van der Waals surface area contributed by atoms with E-state index in [0.717, 1.165) is 23.6 Å². The molecule has 4 nitrogen and oxygen atoms in total. The van der Waals surface area contributed by atoms with Crippen molar-refractivity contribution in [3.63, 3.8) is 0 Å². The van der Waals surface area contributed by atoms with Gasteiger partial charge in [0.2, 0.25) is 0 Å². The third kappa shape index (κ3) is 2.57. The Kier molecular flexibility index (Phi) is 3.76. The number of carbonyl (C=O) groups is 1. The molecule has 1 aromatic carbocycles. The van der Waals surface area contributed by atoms with Crippen LogP contribution in [0.1, 0.15) is 23.2 Å². The minimum atomic E-state index is -0.0354. The fraction of sp³-hybridized carbons (Fsp3) is 0.312. The van der Waals surface area contributed by atoms with Crippen molar-refractivity contribution in [1.29, 1.82) is 5.26 Å². The van der Waals surface area contributed by atoms with E-state index in [-0.39, 0.29) is 11.8 Å². The second-order valence-electron chi connectivity index (χ2n) is 5.20. The first-order valence-electron chi connectivity index (χ1n) is 6.93. The van der Waals surface area contributed by atoms with E-state index >= 15 is 0 Å². The lowest BCUT2D eigenvalue weighted by Gasteiger charge is -2.29. The molecule has 1 amide bonds. The molecule has 0 saturated carbocycles. The molecule has 0 radical (unpaired) electrons. The fourth-order valence-corrected chi connectivity index (χ4v) is 2.92. The molecule has 3 rings (SSSR count). The third-order valence-electron chi connectivity index (χ3n) is 3.94. The van der Waals surface area contributed by atoms with Crippen molar-refractivity contribution >= 4 is 28.3 Å². The largest absolute Gasteiger partial charge is 0.338 e. The van der Waals surface area contributed by atoms with Gasteiger partial charge >= 0.3 is 0 Å². The van der Waals surface area contributed by atoms with Gasteiger partial charge < -0.3 is 4.90 Å². The number of rotatable bonds is 1. The summed E-state index contributed by atoms with van der Waals surface area (Å²) in [6.45, 7) is 1.24. The summed E-state index contributed by atoms with van der Waals surface area (Å²) < 4.78 is 0. The molecule has 0 bridgehead atoms. The molecular formula is C16H14ClN3O. The van der Waals surface area contributed by atoms with Crippen LogP contribution >= 0.6 is 11.6 Å². The van der Waals surface area contributed by atoms with Crippen LogP contribution in [0, 0.1) is 17.2 Å². The average molecular weight is 300 g/mol. The zero-order valence-electron chi connectivity index (χ0n) is 11.4. The third-order valence-corrected chi connectivity index (χ3v) is 4.24. The number of amides is 1. The van der Waals surface area contributed by atoms with Crippen molar-refractivity contribution in [1.82, 2.24) is 9.88 Å². The maximum Gasteiger partial charge on any atom is 0.256 e. The van der Waals surface area contributed by atoms with Gasteiger partial charge in [-0.1, -0.05) is 35.9 Å². The summed E-state index contributed by atoms with van der Waals surface area (Å²) in [6, 6.07) is 9.79. The Morgan fingerprint density at radius 3 is 2.62 bits per heavy atom. The molecule has 2 heterocycles. The Labute approximate surface area is 127 Å². The summed E-state index contributed by atoms with van der Waals surface area (Å²) in [6.07, 6.45) is 3.02. The first-order chi connectivity index (χ1) is 10.2. The number of hydrogen-bond donors (Lipinski definition) is 0. The normalized spacial score (nSPS) is 15.9. The molecule has 5 heteroatoms. The number of likely N-dealkylation sites (tertiary alicyclic amines) is 1. The zero-order valence-corrected chi connectivity index (χ0v) is 12.2. The van der Waals surface area contributed by atoms with E-state index in [1.807, 2.05) is 24.3 Å². The van der Waals surface area contributed by atoms with Crippen molar-refractivity contribution in [3.05, 3.63) is 41.2 Å². The molecule has 2 aromatic rings. The highest BCUT2D eigenvalue weighted by molar-refractivity contribution is 6.34. The van der Waals surface area contributed by atoms with Crippen LogP contribution in [0.15, 0.2) is 30.5 Å². The highest BCUT2D eigenvalue weighted by atomic mass is 35.5. The second-order valence-corrected chi connectivity index (χ2v) is 5.56. The summed E-state index contributed by atoms with van der Waals surface area (Å²) in [5.74, 6) is 0.0286. The van der Waals surface area contributed by atoms with E-state index < -0.39 is 0 Å². The highest BCUT2D eigenvalue weighted by Gasteiger charge is 2.24.